The van der Waals surface area contributed by atoms with Crippen LogP contribution in [0.2, 0.25) is 0 Å². The lowest BCUT2D eigenvalue weighted by molar-refractivity contribution is -0.146. The Labute approximate surface area is 96.2 Å². The van der Waals surface area contributed by atoms with Crippen molar-refractivity contribution in [3.63, 3.8) is 0 Å². The average Bonchev–Trinajstić information content (AvgIpc) is 2.20. The van der Waals surface area contributed by atoms with Crippen LogP contribution >= 0.6 is 15.9 Å². The number of carbonyl (C=O) groups is 2. The molecule has 0 radical (unpaired) electrons. The zero-order chi connectivity index (χ0) is 11.5. The van der Waals surface area contributed by atoms with Gasteiger partial charge >= 0.3 is 5.97 Å². The normalized spacial score (nSPS) is 14.3. The van der Waals surface area contributed by atoms with Crippen LogP contribution in [-0.2, 0) is 15.0 Å². The van der Waals surface area contributed by atoms with Crippen molar-refractivity contribution >= 4 is 28.2 Å². The lowest BCUT2D eigenvalue weighted by Crippen LogP contribution is -2.36. The highest BCUT2D eigenvalue weighted by molar-refractivity contribution is 9.10. The highest BCUT2D eigenvalue weighted by Gasteiger charge is 2.38. The first-order valence-corrected chi connectivity index (χ1v) is 5.32. The van der Waals surface area contributed by atoms with Crippen LogP contribution in [0.25, 0.3) is 0 Å². The molecule has 1 aromatic carbocycles. The fraction of sp³-hybridized carbons (Fsp3) is 0.273. The van der Waals surface area contributed by atoms with Crippen LogP contribution in [0, 0.1) is 0 Å². The van der Waals surface area contributed by atoms with Crippen molar-refractivity contribution in [2.24, 2.45) is 0 Å². The van der Waals surface area contributed by atoms with Crippen molar-refractivity contribution in [1.82, 2.24) is 0 Å². The largest absolute Gasteiger partial charge is 0.480 e. The monoisotopic (exact) mass is 270 g/mol. The number of benzene rings is 1. The van der Waals surface area contributed by atoms with Crippen LogP contribution in [0.1, 0.15) is 18.9 Å². The maximum atomic E-state index is 11.1. The quantitative estimate of drug-likeness (QED) is 0.675. The van der Waals surface area contributed by atoms with Gasteiger partial charge in [-0.15, -0.1) is 0 Å². The van der Waals surface area contributed by atoms with E-state index < -0.39 is 11.4 Å². The first-order valence-electron chi connectivity index (χ1n) is 4.52. The van der Waals surface area contributed by atoms with Crippen molar-refractivity contribution in [3.05, 3.63) is 34.3 Å². The summed E-state index contributed by atoms with van der Waals surface area (Å²) in [5, 5.41) is 9.12. The first-order chi connectivity index (χ1) is 7.06. The van der Waals surface area contributed by atoms with Crippen molar-refractivity contribution in [2.75, 3.05) is 0 Å². The van der Waals surface area contributed by atoms with E-state index in [0.29, 0.717) is 11.8 Å². The highest BCUT2D eigenvalue weighted by Crippen LogP contribution is 2.28. The molecular weight excluding hydrogens is 260 g/mol. The number of aldehydes is 1. The molecule has 1 N–H and O–H groups in total. The number of aliphatic carboxylic acids is 1. The van der Waals surface area contributed by atoms with Gasteiger partial charge in [0.25, 0.3) is 0 Å². The Hall–Kier alpha value is -1.16. The van der Waals surface area contributed by atoms with Crippen molar-refractivity contribution in [1.29, 1.82) is 0 Å². The van der Waals surface area contributed by atoms with Gasteiger partial charge in [0, 0.05) is 4.47 Å². The van der Waals surface area contributed by atoms with E-state index in [0.717, 1.165) is 4.47 Å². The average molecular weight is 271 g/mol. The molecular formula is C11H11BrO3. The summed E-state index contributed by atoms with van der Waals surface area (Å²) >= 11 is 3.25. The van der Waals surface area contributed by atoms with E-state index in [1.54, 1.807) is 31.2 Å². The standard InChI is InChI=1S/C11H11BrO3/c1-2-11(7-13,10(14)15)8-4-3-5-9(12)6-8/h3-7H,2H2,1H3,(H,14,15). The number of halogens is 1. The van der Waals surface area contributed by atoms with E-state index in [-0.39, 0.29) is 6.42 Å². The van der Waals surface area contributed by atoms with E-state index >= 15 is 0 Å². The molecule has 3 nitrogen and oxygen atoms in total. The maximum Gasteiger partial charge on any atom is 0.321 e. The molecule has 15 heavy (non-hydrogen) atoms. The summed E-state index contributed by atoms with van der Waals surface area (Å²) in [7, 11) is 0. The van der Waals surface area contributed by atoms with Gasteiger partial charge in [0.1, 0.15) is 11.7 Å². The van der Waals surface area contributed by atoms with Gasteiger partial charge in [0.2, 0.25) is 0 Å². The number of carboxylic acids is 1. The lowest BCUT2D eigenvalue weighted by atomic mass is 9.80. The Balaban J connectivity index is 3.32. The summed E-state index contributed by atoms with van der Waals surface area (Å²) in [4.78, 5) is 22.2. The number of hydrogen-bond acceptors (Lipinski definition) is 2. The molecule has 1 unspecified atom stereocenters. The fourth-order valence-corrected chi connectivity index (χ4v) is 1.85. The minimum Gasteiger partial charge on any atom is -0.480 e. The summed E-state index contributed by atoms with van der Waals surface area (Å²) in [6.07, 6.45) is 0.736. The number of rotatable bonds is 4. The smallest absolute Gasteiger partial charge is 0.321 e. The number of hydrogen-bond donors (Lipinski definition) is 1. The molecule has 0 amide bonds. The first kappa shape index (κ1) is 11.9. The van der Waals surface area contributed by atoms with Crippen LogP contribution in [-0.4, -0.2) is 17.4 Å². The van der Waals surface area contributed by atoms with Gasteiger partial charge in [0.05, 0.1) is 0 Å². The third kappa shape index (κ3) is 2.09. The Morgan fingerprint density at radius 2 is 2.27 bits per heavy atom. The summed E-state index contributed by atoms with van der Waals surface area (Å²) < 4.78 is 0.765. The van der Waals surface area contributed by atoms with Gasteiger partial charge in [-0.05, 0) is 24.1 Å². The summed E-state index contributed by atoms with van der Waals surface area (Å²) in [6.45, 7) is 1.68. The van der Waals surface area contributed by atoms with Crippen LogP contribution in [0.15, 0.2) is 28.7 Å². The number of carbonyl (C=O) groups excluding carboxylic acids is 1. The molecule has 0 saturated carbocycles. The molecule has 0 saturated heterocycles. The van der Waals surface area contributed by atoms with Gasteiger partial charge in [-0.25, -0.2) is 0 Å². The number of carboxylic acid groups (broad SMARTS) is 1. The van der Waals surface area contributed by atoms with Gasteiger partial charge in [-0.1, -0.05) is 35.0 Å². The molecule has 4 heteroatoms. The highest BCUT2D eigenvalue weighted by atomic mass is 79.9. The van der Waals surface area contributed by atoms with Crippen molar-refractivity contribution < 1.29 is 14.7 Å². The lowest BCUT2D eigenvalue weighted by Gasteiger charge is -2.21. The Morgan fingerprint density at radius 1 is 1.60 bits per heavy atom. The molecule has 0 spiro atoms. The van der Waals surface area contributed by atoms with E-state index in [9.17, 15) is 9.59 Å². The molecule has 80 valence electrons. The molecule has 0 aliphatic heterocycles. The van der Waals surface area contributed by atoms with Gasteiger partial charge < -0.3 is 9.90 Å². The fourth-order valence-electron chi connectivity index (χ4n) is 1.45. The minimum atomic E-state index is -1.43. The molecule has 0 heterocycles. The second kappa shape index (κ2) is 4.57. The van der Waals surface area contributed by atoms with Crippen LogP contribution in [0.5, 0.6) is 0 Å². The predicted molar refractivity (Wildman–Crippen MR) is 59.8 cm³/mol. The molecule has 0 aliphatic carbocycles. The third-order valence-electron chi connectivity index (χ3n) is 2.48. The molecule has 1 aromatic rings. The SMILES string of the molecule is CCC(C=O)(C(=O)O)c1cccc(Br)c1. The van der Waals surface area contributed by atoms with Crippen molar-refractivity contribution in [3.8, 4) is 0 Å². The molecule has 0 aliphatic rings. The van der Waals surface area contributed by atoms with E-state index in [4.69, 9.17) is 5.11 Å². The minimum absolute atomic E-state index is 0.238. The van der Waals surface area contributed by atoms with E-state index in [1.165, 1.54) is 0 Å². The summed E-state index contributed by atoms with van der Waals surface area (Å²) in [5.41, 5.74) is -0.925. The third-order valence-corrected chi connectivity index (χ3v) is 2.97. The Kier molecular flexibility index (Phi) is 3.63. The van der Waals surface area contributed by atoms with Crippen LogP contribution in [0.4, 0.5) is 0 Å². The van der Waals surface area contributed by atoms with Crippen molar-refractivity contribution in [2.45, 2.75) is 18.8 Å². The molecule has 1 rings (SSSR count). The topological polar surface area (TPSA) is 54.4 Å². The Morgan fingerprint density at radius 3 is 2.67 bits per heavy atom. The van der Waals surface area contributed by atoms with Gasteiger partial charge in [-0.3, -0.25) is 4.79 Å². The van der Waals surface area contributed by atoms with Gasteiger partial charge in [0.15, 0.2) is 0 Å². The molecule has 0 bridgehead atoms. The molecule has 1 atom stereocenters. The molecule has 0 fully saturated rings. The summed E-state index contributed by atoms with van der Waals surface area (Å²) in [5.74, 6) is -1.11. The van der Waals surface area contributed by atoms with Crippen LogP contribution < -0.4 is 0 Å². The maximum absolute atomic E-state index is 11.1. The predicted octanol–water partition coefficient (Wildman–Crippen LogP) is 2.38. The molecule has 0 aromatic heterocycles. The van der Waals surface area contributed by atoms with E-state index in [1.807, 2.05) is 0 Å². The summed E-state index contributed by atoms with van der Waals surface area (Å²) in [6, 6.07) is 6.82. The second-order valence-electron chi connectivity index (χ2n) is 3.26. The van der Waals surface area contributed by atoms with Gasteiger partial charge in [-0.2, -0.15) is 0 Å². The zero-order valence-corrected chi connectivity index (χ0v) is 9.82. The Bertz CT molecular complexity index is 389. The van der Waals surface area contributed by atoms with Crippen LogP contribution in [0.3, 0.4) is 0 Å². The van der Waals surface area contributed by atoms with E-state index in [2.05, 4.69) is 15.9 Å². The second-order valence-corrected chi connectivity index (χ2v) is 4.17. The zero-order valence-electron chi connectivity index (χ0n) is 8.24.